The van der Waals surface area contributed by atoms with E-state index in [9.17, 15) is 4.79 Å². The molecule has 0 saturated carbocycles. The van der Waals surface area contributed by atoms with E-state index >= 15 is 0 Å². The van der Waals surface area contributed by atoms with Crippen LogP contribution in [0.25, 0.3) is 22.4 Å². The maximum atomic E-state index is 11.4. The van der Waals surface area contributed by atoms with E-state index in [2.05, 4.69) is 34.6 Å². The molecule has 0 aliphatic carbocycles. The van der Waals surface area contributed by atoms with Gasteiger partial charge in [-0.15, -0.1) is 11.3 Å². The first-order valence-electron chi connectivity index (χ1n) is 7.04. The summed E-state index contributed by atoms with van der Waals surface area (Å²) >= 11 is 1.35. The van der Waals surface area contributed by atoms with Crippen molar-refractivity contribution in [3.8, 4) is 28.5 Å². The van der Waals surface area contributed by atoms with Gasteiger partial charge in [0.05, 0.1) is 11.8 Å². The molecule has 0 saturated heterocycles. The molecule has 0 bridgehead atoms. The fourth-order valence-corrected chi connectivity index (χ4v) is 2.90. The molecule has 1 amide bonds. The highest BCUT2D eigenvalue weighted by Gasteiger charge is 2.08. The van der Waals surface area contributed by atoms with Gasteiger partial charge < -0.3 is 5.32 Å². The van der Waals surface area contributed by atoms with E-state index in [0.717, 1.165) is 16.8 Å². The second-order valence-electron chi connectivity index (χ2n) is 4.86. The van der Waals surface area contributed by atoms with Gasteiger partial charge in [-0.25, -0.2) is 4.98 Å². The van der Waals surface area contributed by atoms with Crippen LogP contribution in [0.1, 0.15) is 6.42 Å². The van der Waals surface area contributed by atoms with Crippen LogP contribution in [0.2, 0.25) is 0 Å². The predicted molar refractivity (Wildman–Crippen MR) is 91.8 cm³/mol. The number of hydrogen-bond acceptors (Lipinski definition) is 4. The third-order valence-electron chi connectivity index (χ3n) is 3.28. The van der Waals surface area contributed by atoms with Gasteiger partial charge in [0.25, 0.3) is 0 Å². The van der Waals surface area contributed by atoms with Gasteiger partial charge in [-0.05, 0) is 11.1 Å². The van der Waals surface area contributed by atoms with Crippen LogP contribution in [0.5, 0.6) is 0 Å². The minimum absolute atomic E-state index is 0.166. The molecule has 112 valence electrons. The van der Waals surface area contributed by atoms with E-state index in [1.807, 2.05) is 41.8 Å². The monoisotopic (exact) mass is 319 g/mol. The maximum absolute atomic E-state index is 11.4. The van der Waals surface area contributed by atoms with Crippen LogP contribution < -0.4 is 5.32 Å². The van der Waals surface area contributed by atoms with Gasteiger partial charge in [0.2, 0.25) is 5.91 Å². The highest BCUT2D eigenvalue weighted by atomic mass is 32.1. The summed E-state index contributed by atoms with van der Waals surface area (Å²) in [6, 6.07) is 20.1. The summed E-state index contributed by atoms with van der Waals surface area (Å²) in [7, 11) is 0. The highest BCUT2D eigenvalue weighted by molar-refractivity contribution is 7.14. The van der Waals surface area contributed by atoms with E-state index in [-0.39, 0.29) is 12.3 Å². The Hall–Kier alpha value is -2.97. The van der Waals surface area contributed by atoms with E-state index in [4.69, 9.17) is 5.26 Å². The van der Waals surface area contributed by atoms with E-state index in [1.165, 1.54) is 16.9 Å². The number of hydrogen-bond donors (Lipinski definition) is 1. The van der Waals surface area contributed by atoms with Crippen LogP contribution in [-0.4, -0.2) is 10.9 Å². The van der Waals surface area contributed by atoms with E-state index < -0.39 is 0 Å². The second-order valence-corrected chi connectivity index (χ2v) is 5.72. The second kappa shape index (κ2) is 6.86. The summed E-state index contributed by atoms with van der Waals surface area (Å²) in [5, 5.41) is 13.5. The minimum atomic E-state index is -0.340. The van der Waals surface area contributed by atoms with Crippen LogP contribution in [0, 0.1) is 11.3 Å². The lowest BCUT2D eigenvalue weighted by molar-refractivity contribution is -0.115. The summed E-state index contributed by atoms with van der Waals surface area (Å²) in [4.78, 5) is 15.8. The summed E-state index contributed by atoms with van der Waals surface area (Å²) in [6.07, 6.45) is -0.166. The van der Waals surface area contributed by atoms with Crippen molar-refractivity contribution >= 4 is 22.4 Å². The van der Waals surface area contributed by atoms with Crippen molar-refractivity contribution in [2.24, 2.45) is 0 Å². The largest absolute Gasteiger partial charge is 0.301 e. The molecule has 0 unspecified atom stereocenters. The number of carbonyl (C=O) groups is 1. The molecule has 1 N–H and O–H groups in total. The number of thiazole rings is 1. The first-order chi connectivity index (χ1) is 11.3. The average molecular weight is 319 g/mol. The molecule has 3 rings (SSSR count). The highest BCUT2D eigenvalue weighted by Crippen LogP contribution is 2.27. The smallest absolute Gasteiger partial charge is 0.240 e. The zero-order chi connectivity index (χ0) is 16.1. The number of benzene rings is 2. The lowest BCUT2D eigenvalue weighted by atomic mass is 10.0. The Labute approximate surface area is 138 Å². The van der Waals surface area contributed by atoms with Crippen molar-refractivity contribution in [1.29, 1.82) is 5.26 Å². The molecular weight excluding hydrogens is 306 g/mol. The van der Waals surface area contributed by atoms with Crippen molar-refractivity contribution in [1.82, 2.24) is 4.98 Å². The van der Waals surface area contributed by atoms with E-state index in [0.29, 0.717) is 5.13 Å². The van der Waals surface area contributed by atoms with Crippen LogP contribution in [0.15, 0.2) is 60.0 Å². The Morgan fingerprint density at radius 1 is 1.04 bits per heavy atom. The average Bonchev–Trinajstić information content (AvgIpc) is 3.04. The van der Waals surface area contributed by atoms with Gasteiger partial charge in [0.1, 0.15) is 6.42 Å². The van der Waals surface area contributed by atoms with E-state index in [1.54, 1.807) is 0 Å². The Bertz CT molecular complexity index is 848. The molecule has 0 radical (unpaired) electrons. The Morgan fingerprint density at radius 3 is 2.39 bits per heavy atom. The minimum Gasteiger partial charge on any atom is -0.301 e. The molecular formula is C18H13N3OS. The number of rotatable bonds is 4. The van der Waals surface area contributed by atoms with Crippen LogP contribution in [-0.2, 0) is 4.79 Å². The summed E-state index contributed by atoms with van der Waals surface area (Å²) in [6.45, 7) is 0. The van der Waals surface area contributed by atoms with Crippen molar-refractivity contribution in [3.05, 3.63) is 60.0 Å². The first kappa shape index (κ1) is 14.9. The molecule has 23 heavy (non-hydrogen) atoms. The van der Waals surface area contributed by atoms with Gasteiger partial charge >= 0.3 is 0 Å². The van der Waals surface area contributed by atoms with Gasteiger partial charge in [-0.1, -0.05) is 54.6 Å². The number of anilines is 1. The molecule has 3 aromatic rings. The summed E-state index contributed by atoms with van der Waals surface area (Å²) < 4.78 is 0. The molecule has 5 heteroatoms. The zero-order valence-corrected chi connectivity index (χ0v) is 13.0. The van der Waals surface area contributed by atoms with Crippen LogP contribution >= 0.6 is 11.3 Å². The third-order valence-corrected chi connectivity index (χ3v) is 4.04. The van der Waals surface area contributed by atoms with Gasteiger partial charge in [-0.3, -0.25) is 4.79 Å². The molecule has 4 nitrogen and oxygen atoms in total. The molecule has 0 spiro atoms. The number of nitrogens with zero attached hydrogens (tertiary/aromatic N) is 2. The molecule has 2 aromatic carbocycles. The zero-order valence-electron chi connectivity index (χ0n) is 12.2. The van der Waals surface area contributed by atoms with Gasteiger partial charge in [0, 0.05) is 10.9 Å². The van der Waals surface area contributed by atoms with Crippen molar-refractivity contribution in [3.63, 3.8) is 0 Å². The molecule has 0 aliphatic rings. The topological polar surface area (TPSA) is 65.8 Å². The predicted octanol–water partition coefficient (Wildman–Crippen LogP) is 4.33. The lowest BCUT2D eigenvalue weighted by Crippen LogP contribution is -2.09. The quantitative estimate of drug-likeness (QED) is 0.778. The van der Waals surface area contributed by atoms with Crippen molar-refractivity contribution < 1.29 is 4.79 Å². The van der Waals surface area contributed by atoms with Gasteiger partial charge in [-0.2, -0.15) is 5.26 Å². The Morgan fingerprint density at radius 2 is 1.70 bits per heavy atom. The summed E-state index contributed by atoms with van der Waals surface area (Å²) in [5.41, 5.74) is 4.11. The molecule has 0 fully saturated rings. The number of nitriles is 1. The normalized spacial score (nSPS) is 10.0. The fourth-order valence-electron chi connectivity index (χ4n) is 2.16. The maximum Gasteiger partial charge on any atom is 0.240 e. The van der Waals surface area contributed by atoms with Crippen LogP contribution in [0.3, 0.4) is 0 Å². The standard InChI is InChI=1S/C18H13N3OS/c19-11-10-17(22)21-18-20-16(12-23-18)15-8-6-14(7-9-15)13-4-2-1-3-5-13/h1-9,12H,10H2,(H,20,21,22). The SMILES string of the molecule is N#CCC(=O)Nc1nc(-c2ccc(-c3ccccc3)cc2)cs1. The Balaban J connectivity index is 1.77. The van der Waals surface area contributed by atoms with Crippen molar-refractivity contribution in [2.45, 2.75) is 6.42 Å². The molecule has 1 heterocycles. The summed E-state index contributed by atoms with van der Waals surface area (Å²) in [5.74, 6) is -0.340. The number of carbonyl (C=O) groups excluding carboxylic acids is 1. The first-order valence-corrected chi connectivity index (χ1v) is 7.92. The van der Waals surface area contributed by atoms with Crippen LogP contribution in [0.4, 0.5) is 5.13 Å². The Kier molecular flexibility index (Phi) is 4.46. The number of amides is 1. The molecule has 0 aliphatic heterocycles. The molecule has 1 aromatic heterocycles. The fraction of sp³-hybridized carbons (Fsp3) is 0.0556. The molecule has 0 atom stereocenters. The van der Waals surface area contributed by atoms with Gasteiger partial charge in [0.15, 0.2) is 5.13 Å². The number of nitrogens with one attached hydrogen (secondary N) is 1. The lowest BCUT2D eigenvalue weighted by Gasteiger charge is -2.02. The third kappa shape index (κ3) is 3.62. The van der Waals surface area contributed by atoms with Crippen molar-refractivity contribution in [2.75, 3.05) is 5.32 Å². The number of aromatic nitrogens is 1.